The van der Waals surface area contributed by atoms with E-state index in [1.165, 1.54) is 22.2 Å². The van der Waals surface area contributed by atoms with Crippen molar-refractivity contribution < 1.29 is 13.9 Å². The Labute approximate surface area is 181 Å². The third-order valence-corrected chi connectivity index (χ3v) is 5.87. The second kappa shape index (κ2) is 9.24. The maximum atomic E-state index is 13.1. The number of rotatable bonds is 6. The molecule has 1 unspecified atom stereocenters. The summed E-state index contributed by atoms with van der Waals surface area (Å²) in [5.41, 5.74) is 7.13. The minimum atomic E-state index is -0.439. The number of carbonyl (C=O) groups excluding carboxylic acids is 1. The molecule has 4 rings (SSSR count). The first-order valence-corrected chi connectivity index (χ1v) is 9.67. The van der Waals surface area contributed by atoms with Gasteiger partial charge in [-0.25, -0.2) is 14.3 Å². The van der Waals surface area contributed by atoms with Gasteiger partial charge in [-0.05, 0) is 47.9 Å². The van der Waals surface area contributed by atoms with Gasteiger partial charge in [0.25, 0.3) is 5.91 Å². The molecule has 1 aliphatic rings. The second-order valence-corrected chi connectivity index (χ2v) is 7.63. The van der Waals surface area contributed by atoms with Gasteiger partial charge in [0.15, 0.2) is 6.61 Å². The molecule has 0 saturated carbocycles. The van der Waals surface area contributed by atoms with E-state index in [1.54, 1.807) is 6.07 Å². The Hall–Kier alpha value is -2.95. The van der Waals surface area contributed by atoms with E-state index in [0.717, 1.165) is 15.3 Å². The number of aromatic nitrogens is 3. The van der Waals surface area contributed by atoms with Crippen LogP contribution in [0.2, 0.25) is 0 Å². The molecule has 4 N–H and O–H groups in total. The Morgan fingerprint density at radius 2 is 2.20 bits per heavy atom. The highest BCUT2D eigenvalue weighted by Crippen LogP contribution is 2.38. The van der Waals surface area contributed by atoms with Gasteiger partial charge in [0, 0.05) is 16.3 Å². The fourth-order valence-corrected chi connectivity index (χ4v) is 4.26. The zero-order valence-electron chi connectivity index (χ0n) is 15.6. The van der Waals surface area contributed by atoms with E-state index in [9.17, 15) is 14.0 Å². The minimum absolute atomic E-state index is 0. The lowest BCUT2D eigenvalue weighted by Gasteiger charge is -2.18. The number of H-pyrrole nitrogens is 1. The summed E-state index contributed by atoms with van der Waals surface area (Å²) in [5, 5.41) is 8.94. The zero-order valence-corrected chi connectivity index (χ0v) is 17.3. The van der Waals surface area contributed by atoms with Crippen LogP contribution in [0.4, 0.5) is 10.1 Å². The van der Waals surface area contributed by atoms with Gasteiger partial charge in [0.1, 0.15) is 12.1 Å². The van der Waals surface area contributed by atoms with Crippen LogP contribution in [0, 0.1) is 0 Å². The number of anilines is 1. The van der Waals surface area contributed by atoms with Crippen molar-refractivity contribution in [2.24, 2.45) is 5.73 Å². The standard InChI is InChI=1S/C19H18FN5O3S.ClH/c20-7-11(8-21)5-14(25-10-22-24-19(25)27)17-4-3-16(29-17)12-1-2-15-13(6-12)23-18(26)9-28-15;/h1-4,6-7,10,14H,5,8-9,21H2,(H,23,26)(H,24,27);1H/b11-7-;. The molecule has 8 nitrogen and oxygen atoms in total. The lowest BCUT2D eigenvalue weighted by atomic mass is 10.1. The molecule has 1 amide bonds. The van der Waals surface area contributed by atoms with Crippen molar-refractivity contribution in [1.29, 1.82) is 0 Å². The first kappa shape index (κ1) is 21.8. The quantitative estimate of drug-likeness (QED) is 0.533. The highest BCUT2D eigenvalue weighted by atomic mass is 35.5. The maximum absolute atomic E-state index is 13.1. The van der Waals surface area contributed by atoms with Crippen molar-refractivity contribution in [1.82, 2.24) is 14.8 Å². The molecule has 2 aromatic heterocycles. The number of fused-ring (bicyclic) bond motifs is 1. The molecule has 3 heterocycles. The van der Waals surface area contributed by atoms with Crippen LogP contribution in [0.15, 0.2) is 53.4 Å². The van der Waals surface area contributed by atoms with E-state index < -0.39 is 6.04 Å². The van der Waals surface area contributed by atoms with E-state index in [0.29, 0.717) is 23.3 Å². The number of aromatic amines is 1. The summed E-state index contributed by atoms with van der Waals surface area (Å²) in [5.74, 6) is 0.418. The van der Waals surface area contributed by atoms with Gasteiger partial charge in [-0.3, -0.25) is 9.36 Å². The maximum Gasteiger partial charge on any atom is 0.343 e. The Kier molecular flexibility index (Phi) is 6.70. The first-order valence-electron chi connectivity index (χ1n) is 8.85. The van der Waals surface area contributed by atoms with Gasteiger partial charge < -0.3 is 15.8 Å². The Morgan fingerprint density at radius 1 is 1.37 bits per heavy atom. The molecular weight excluding hydrogens is 433 g/mol. The number of benzene rings is 1. The Balaban J connectivity index is 0.00000256. The van der Waals surface area contributed by atoms with Gasteiger partial charge in [-0.15, -0.1) is 23.7 Å². The summed E-state index contributed by atoms with van der Waals surface area (Å²) in [4.78, 5) is 25.5. The molecule has 0 bridgehead atoms. The average molecular weight is 452 g/mol. The molecule has 158 valence electrons. The van der Waals surface area contributed by atoms with Gasteiger partial charge in [-0.1, -0.05) is 0 Å². The molecule has 0 fully saturated rings. The molecule has 0 spiro atoms. The van der Waals surface area contributed by atoms with E-state index in [-0.39, 0.29) is 43.6 Å². The topological polar surface area (TPSA) is 115 Å². The first-order chi connectivity index (χ1) is 14.1. The van der Waals surface area contributed by atoms with Crippen molar-refractivity contribution in [2.45, 2.75) is 12.5 Å². The highest BCUT2D eigenvalue weighted by molar-refractivity contribution is 7.15. The largest absolute Gasteiger partial charge is 0.482 e. The summed E-state index contributed by atoms with van der Waals surface area (Å²) < 4.78 is 20.0. The molecule has 1 aliphatic heterocycles. The molecule has 3 aromatic rings. The minimum Gasteiger partial charge on any atom is -0.482 e. The fraction of sp³-hybridized carbons (Fsp3) is 0.211. The van der Waals surface area contributed by atoms with Crippen molar-refractivity contribution in [3.63, 3.8) is 0 Å². The number of nitrogens with zero attached hydrogens (tertiary/aromatic N) is 2. The van der Waals surface area contributed by atoms with Crippen molar-refractivity contribution in [3.05, 3.63) is 63.9 Å². The predicted molar refractivity (Wildman–Crippen MR) is 115 cm³/mol. The molecule has 1 aromatic carbocycles. The van der Waals surface area contributed by atoms with Crippen molar-refractivity contribution in [3.8, 4) is 16.2 Å². The van der Waals surface area contributed by atoms with Gasteiger partial charge in [0.05, 0.1) is 18.1 Å². The lowest BCUT2D eigenvalue weighted by molar-refractivity contribution is -0.118. The molecule has 0 aliphatic carbocycles. The van der Waals surface area contributed by atoms with E-state index >= 15 is 0 Å². The van der Waals surface area contributed by atoms with Crippen LogP contribution in [0.1, 0.15) is 17.3 Å². The summed E-state index contributed by atoms with van der Waals surface area (Å²) in [7, 11) is 0. The third kappa shape index (κ3) is 4.30. The molecule has 1 atom stereocenters. The SMILES string of the molecule is Cl.NC/C(=C\F)CC(c1ccc(-c2ccc3c(c2)NC(=O)CO3)s1)n1cn[nH]c1=O. The smallest absolute Gasteiger partial charge is 0.343 e. The van der Waals surface area contributed by atoms with Crippen molar-refractivity contribution in [2.75, 3.05) is 18.5 Å². The number of hydrogen-bond donors (Lipinski definition) is 3. The van der Waals surface area contributed by atoms with Crippen molar-refractivity contribution >= 4 is 35.3 Å². The van der Waals surface area contributed by atoms with Crippen LogP contribution < -0.4 is 21.5 Å². The summed E-state index contributed by atoms with van der Waals surface area (Å²) in [6.45, 7) is 0.0601. The second-order valence-electron chi connectivity index (χ2n) is 6.51. The average Bonchev–Trinajstić information content (AvgIpc) is 3.38. The Bertz CT molecular complexity index is 1140. The lowest BCUT2D eigenvalue weighted by Crippen LogP contribution is -2.25. The number of amides is 1. The van der Waals surface area contributed by atoms with Crippen LogP contribution in [0.5, 0.6) is 5.75 Å². The van der Waals surface area contributed by atoms with E-state index in [2.05, 4.69) is 15.5 Å². The molecule has 0 radical (unpaired) electrons. The predicted octanol–water partition coefficient (Wildman–Crippen LogP) is 2.84. The number of hydrogen-bond acceptors (Lipinski definition) is 6. The van der Waals surface area contributed by atoms with E-state index in [1.807, 2.05) is 24.3 Å². The van der Waals surface area contributed by atoms with Crippen LogP contribution >= 0.6 is 23.7 Å². The number of carbonyl (C=O) groups is 1. The number of halogens is 2. The van der Waals surface area contributed by atoms with Crippen LogP contribution in [0.25, 0.3) is 10.4 Å². The zero-order chi connectivity index (χ0) is 20.4. The monoisotopic (exact) mass is 451 g/mol. The van der Waals surface area contributed by atoms with Gasteiger partial charge >= 0.3 is 5.69 Å². The van der Waals surface area contributed by atoms with Crippen LogP contribution in [-0.4, -0.2) is 33.8 Å². The third-order valence-electron chi connectivity index (χ3n) is 4.64. The Morgan fingerprint density at radius 3 is 2.90 bits per heavy atom. The fourth-order valence-electron chi connectivity index (χ4n) is 3.16. The summed E-state index contributed by atoms with van der Waals surface area (Å²) in [6, 6.07) is 8.93. The number of nitrogens with one attached hydrogen (secondary N) is 2. The molecule has 30 heavy (non-hydrogen) atoms. The summed E-state index contributed by atoms with van der Waals surface area (Å²) >= 11 is 1.47. The summed E-state index contributed by atoms with van der Waals surface area (Å²) in [6.07, 6.45) is 2.13. The molecule has 0 saturated heterocycles. The molecular formula is C19H19ClFN5O3S. The van der Waals surface area contributed by atoms with Gasteiger partial charge in [-0.2, -0.15) is 5.10 Å². The van der Waals surface area contributed by atoms with Crippen LogP contribution in [-0.2, 0) is 4.79 Å². The molecule has 11 heteroatoms. The van der Waals surface area contributed by atoms with Gasteiger partial charge in [0.2, 0.25) is 0 Å². The number of ether oxygens (including phenoxy) is 1. The van der Waals surface area contributed by atoms with Crippen LogP contribution in [0.3, 0.4) is 0 Å². The number of thiophene rings is 1. The highest BCUT2D eigenvalue weighted by Gasteiger charge is 2.21. The number of nitrogens with two attached hydrogens (primary N) is 1. The van der Waals surface area contributed by atoms with E-state index in [4.69, 9.17) is 10.5 Å². The normalized spacial score (nSPS) is 14.3.